The Morgan fingerprint density at radius 2 is 1.95 bits per heavy atom. The van der Waals surface area contributed by atoms with Crippen molar-refractivity contribution in [2.45, 2.75) is 46.3 Å². The second-order valence-corrected chi connectivity index (χ2v) is 6.69. The topological polar surface area (TPSA) is 53.1 Å². The maximum absolute atomic E-state index is 6.43. The van der Waals surface area contributed by atoms with E-state index in [0.717, 1.165) is 16.9 Å². The lowest BCUT2D eigenvalue weighted by Crippen LogP contribution is -2.47. The van der Waals surface area contributed by atoms with Gasteiger partial charge in [-0.25, -0.2) is 4.98 Å². The van der Waals surface area contributed by atoms with Crippen molar-refractivity contribution >= 4 is 11.0 Å². The molecule has 2 unspecified atom stereocenters. The Hall–Kier alpha value is -1.39. The summed E-state index contributed by atoms with van der Waals surface area (Å²) in [5.41, 5.74) is 8.61. The zero-order valence-electron chi connectivity index (χ0n) is 13.8. The maximum Gasteiger partial charge on any atom is 0.111 e. The van der Waals surface area contributed by atoms with Crippen LogP contribution in [0.15, 0.2) is 24.3 Å². The van der Waals surface area contributed by atoms with Crippen LogP contribution in [0.5, 0.6) is 0 Å². The quantitative estimate of drug-likeness (QED) is 0.921. The molecule has 0 bridgehead atoms. The van der Waals surface area contributed by atoms with Crippen LogP contribution in [-0.2, 0) is 18.2 Å². The monoisotopic (exact) mass is 289 g/mol. The summed E-state index contributed by atoms with van der Waals surface area (Å²) in [5.74, 6) is 1.01. The van der Waals surface area contributed by atoms with Gasteiger partial charge in [0.15, 0.2) is 0 Å². The molecule has 1 aromatic carbocycles. The van der Waals surface area contributed by atoms with Gasteiger partial charge in [0.2, 0.25) is 0 Å². The van der Waals surface area contributed by atoms with Gasteiger partial charge >= 0.3 is 0 Å². The van der Waals surface area contributed by atoms with Crippen LogP contribution >= 0.6 is 0 Å². The number of imidazole rings is 1. The molecular weight excluding hydrogens is 262 g/mol. The maximum atomic E-state index is 6.43. The molecule has 0 aliphatic heterocycles. The van der Waals surface area contributed by atoms with Crippen LogP contribution in [0.3, 0.4) is 0 Å². The van der Waals surface area contributed by atoms with Gasteiger partial charge in [-0.3, -0.25) is 0 Å². The number of aryl methyl sites for hydroxylation is 1. The highest BCUT2D eigenvalue weighted by Crippen LogP contribution is 2.26. The summed E-state index contributed by atoms with van der Waals surface area (Å²) in [6.07, 6.45) is 0.731. The van der Waals surface area contributed by atoms with Crippen LogP contribution in [0.25, 0.3) is 11.0 Å². The van der Waals surface area contributed by atoms with E-state index in [2.05, 4.69) is 31.4 Å². The van der Waals surface area contributed by atoms with Crippen molar-refractivity contribution < 1.29 is 4.74 Å². The van der Waals surface area contributed by atoms with E-state index < -0.39 is 0 Å². The smallest absolute Gasteiger partial charge is 0.111 e. The predicted molar refractivity (Wildman–Crippen MR) is 87.3 cm³/mol. The molecule has 0 amide bonds. The SMILES string of the molecule is CCOC(C(N)Cc1nc2ccccc2n1C)C(C)(C)C. The molecule has 0 radical (unpaired) electrons. The molecule has 4 heteroatoms. The molecule has 0 saturated carbocycles. The predicted octanol–water partition coefficient (Wildman–Crippen LogP) is 2.89. The number of fused-ring (bicyclic) bond motifs is 1. The fourth-order valence-corrected chi connectivity index (χ4v) is 2.89. The summed E-state index contributed by atoms with van der Waals surface area (Å²) in [4.78, 5) is 4.70. The number of nitrogens with zero attached hydrogens (tertiary/aromatic N) is 2. The van der Waals surface area contributed by atoms with Gasteiger partial charge in [0.05, 0.1) is 17.1 Å². The van der Waals surface area contributed by atoms with E-state index >= 15 is 0 Å². The molecule has 2 atom stereocenters. The molecule has 1 heterocycles. The zero-order valence-corrected chi connectivity index (χ0v) is 13.8. The summed E-state index contributed by atoms with van der Waals surface area (Å²) in [7, 11) is 2.05. The molecule has 21 heavy (non-hydrogen) atoms. The van der Waals surface area contributed by atoms with Crippen LogP contribution in [0, 0.1) is 5.41 Å². The van der Waals surface area contributed by atoms with Gasteiger partial charge in [-0.15, -0.1) is 0 Å². The van der Waals surface area contributed by atoms with Crippen LogP contribution in [0.4, 0.5) is 0 Å². The molecule has 4 nitrogen and oxygen atoms in total. The van der Waals surface area contributed by atoms with E-state index in [0.29, 0.717) is 13.0 Å². The van der Waals surface area contributed by atoms with Gasteiger partial charge in [0.1, 0.15) is 5.82 Å². The third kappa shape index (κ3) is 3.44. The van der Waals surface area contributed by atoms with Crippen molar-refractivity contribution in [1.82, 2.24) is 9.55 Å². The molecule has 116 valence electrons. The van der Waals surface area contributed by atoms with Crippen molar-refractivity contribution in [2.75, 3.05) is 6.61 Å². The van der Waals surface area contributed by atoms with Crippen molar-refractivity contribution in [2.24, 2.45) is 18.2 Å². The first kappa shape index (κ1) is 16.0. The number of benzene rings is 1. The van der Waals surface area contributed by atoms with E-state index in [1.165, 1.54) is 0 Å². The fourth-order valence-electron chi connectivity index (χ4n) is 2.89. The average Bonchev–Trinajstić information content (AvgIpc) is 2.72. The van der Waals surface area contributed by atoms with Gasteiger partial charge in [-0.05, 0) is 24.5 Å². The third-order valence-electron chi connectivity index (χ3n) is 3.89. The van der Waals surface area contributed by atoms with Crippen molar-refractivity contribution in [1.29, 1.82) is 0 Å². The Bertz CT molecular complexity index is 598. The number of hydrogen-bond acceptors (Lipinski definition) is 3. The van der Waals surface area contributed by atoms with Crippen LogP contribution in [-0.4, -0.2) is 28.3 Å². The molecule has 2 rings (SSSR count). The Morgan fingerprint density at radius 3 is 2.52 bits per heavy atom. The second-order valence-electron chi connectivity index (χ2n) is 6.69. The number of ether oxygens (including phenoxy) is 1. The minimum Gasteiger partial charge on any atom is -0.376 e. The fraction of sp³-hybridized carbons (Fsp3) is 0.588. The Morgan fingerprint density at radius 1 is 1.29 bits per heavy atom. The summed E-state index contributed by atoms with van der Waals surface area (Å²) in [6.45, 7) is 9.20. The highest BCUT2D eigenvalue weighted by atomic mass is 16.5. The van der Waals surface area contributed by atoms with Crippen LogP contribution in [0.2, 0.25) is 0 Å². The number of para-hydroxylation sites is 2. The third-order valence-corrected chi connectivity index (χ3v) is 3.89. The van der Waals surface area contributed by atoms with Gasteiger partial charge < -0.3 is 15.0 Å². The molecule has 0 spiro atoms. The largest absolute Gasteiger partial charge is 0.376 e. The zero-order chi connectivity index (χ0) is 15.6. The Labute approximate surface area is 127 Å². The van der Waals surface area contributed by atoms with Crippen LogP contribution in [0.1, 0.15) is 33.5 Å². The van der Waals surface area contributed by atoms with Gasteiger partial charge in [0, 0.05) is 26.1 Å². The molecule has 1 aromatic heterocycles. The highest BCUT2D eigenvalue weighted by molar-refractivity contribution is 5.75. The van der Waals surface area contributed by atoms with Crippen LogP contribution < -0.4 is 5.73 Å². The Kier molecular flexibility index (Phi) is 4.69. The van der Waals surface area contributed by atoms with Gasteiger partial charge in [-0.1, -0.05) is 32.9 Å². The summed E-state index contributed by atoms with van der Waals surface area (Å²) in [5, 5.41) is 0. The number of rotatable bonds is 5. The van der Waals surface area contributed by atoms with Crippen molar-refractivity contribution in [3.8, 4) is 0 Å². The average molecular weight is 289 g/mol. The first-order valence-electron chi connectivity index (χ1n) is 7.62. The number of hydrogen-bond donors (Lipinski definition) is 1. The lowest BCUT2D eigenvalue weighted by molar-refractivity contribution is -0.0278. The first-order chi connectivity index (χ1) is 9.84. The Balaban J connectivity index is 2.24. The standard InChI is InChI=1S/C17H27N3O/c1-6-21-16(17(2,3)4)12(18)11-15-19-13-9-7-8-10-14(13)20(15)5/h7-10,12,16H,6,11,18H2,1-5H3. The van der Waals surface area contributed by atoms with Gasteiger partial charge in [-0.2, -0.15) is 0 Å². The summed E-state index contributed by atoms with van der Waals surface area (Å²) in [6, 6.07) is 8.10. The summed E-state index contributed by atoms with van der Waals surface area (Å²) < 4.78 is 8.02. The van der Waals surface area contributed by atoms with E-state index in [1.54, 1.807) is 0 Å². The molecule has 0 fully saturated rings. The van der Waals surface area contributed by atoms with E-state index in [9.17, 15) is 0 Å². The molecule has 0 aliphatic rings. The molecule has 2 aromatic rings. The van der Waals surface area contributed by atoms with Gasteiger partial charge in [0.25, 0.3) is 0 Å². The first-order valence-corrected chi connectivity index (χ1v) is 7.62. The van der Waals surface area contributed by atoms with Crippen molar-refractivity contribution in [3.05, 3.63) is 30.1 Å². The number of nitrogens with two attached hydrogens (primary N) is 1. The molecular formula is C17H27N3O. The van der Waals surface area contributed by atoms with E-state index in [-0.39, 0.29) is 17.6 Å². The second kappa shape index (κ2) is 6.16. The van der Waals surface area contributed by atoms with Crippen molar-refractivity contribution in [3.63, 3.8) is 0 Å². The van der Waals surface area contributed by atoms with E-state index in [4.69, 9.17) is 15.5 Å². The molecule has 0 saturated heterocycles. The van der Waals surface area contributed by atoms with E-state index in [1.807, 2.05) is 32.2 Å². The lowest BCUT2D eigenvalue weighted by Gasteiger charge is -2.34. The highest BCUT2D eigenvalue weighted by Gasteiger charge is 2.31. The molecule has 0 aliphatic carbocycles. The normalized spacial score (nSPS) is 15.3. The molecule has 2 N–H and O–H groups in total. The number of aromatic nitrogens is 2. The summed E-state index contributed by atoms with van der Waals surface area (Å²) >= 11 is 0. The minimum atomic E-state index is -0.0690. The minimum absolute atomic E-state index is 0.0139. The lowest BCUT2D eigenvalue weighted by atomic mass is 9.83.